The summed E-state index contributed by atoms with van der Waals surface area (Å²) in [6, 6.07) is 6.58. The summed E-state index contributed by atoms with van der Waals surface area (Å²) in [5, 5.41) is 12.3. The van der Waals surface area contributed by atoms with Gasteiger partial charge in [0.25, 0.3) is 5.91 Å². The first kappa shape index (κ1) is 15.6. The highest BCUT2D eigenvalue weighted by atomic mass is 35.5. The van der Waals surface area contributed by atoms with E-state index in [4.69, 9.17) is 21.4 Å². The van der Waals surface area contributed by atoms with Crippen LogP contribution in [-0.2, 0) is 9.59 Å². The molecule has 6 heteroatoms. The molecule has 1 aromatic carbocycles. The first-order valence-corrected chi connectivity index (χ1v) is 7.31. The topological polar surface area (TPSA) is 75.6 Å². The van der Waals surface area contributed by atoms with Crippen molar-refractivity contribution in [3.05, 3.63) is 29.3 Å². The van der Waals surface area contributed by atoms with Crippen LogP contribution in [0.1, 0.15) is 26.2 Å². The molecule has 0 radical (unpaired) electrons. The van der Waals surface area contributed by atoms with Crippen molar-refractivity contribution in [1.29, 1.82) is 0 Å². The first-order chi connectivity index (χ1) is 9.99. The number of amides is 1. The van der Waals surface area contributed by atoms with Crippen LogP contribution < -0.4 is 10.1 Å². The lowest BCUT2D eigenvalue weighted by molar-refractivity contribution is -0.142. The van der Waals surface area contributed by atoms with Gasteiger partial charge in [-0.2, -0.15) is 0 Å². The van der Waals surface area contributed by atoms with Crippen LogP contribution in [0.2, 0.25) is 5.02 Å². The van der Waals surface area contributed by atoms with Crippen LogP contribution in [0, 0.1) is 5.92 Å². The fraction of sp³-hybridized carbons (Fsp3) is 0.467. The van der Waals surface area contributed by atoms with Crippen molar-refractivity contribution in [2.45, 2.75) is 38.3 Å². The third-order valence-electron chi connectivity index (χ3n) is 3.67. The number of benzene rings is 1. The van der Waals surface area contributed by atoms with Gasteiger partial charge in [-0.25, -0.2) is 0 Å². The van der Waals surface area contributed by atoms with Crippen LogP contribution >= 0.6 is 11.6 Å². The van der Waals surface area contributed by atoms with Crippen molar-refractivity contribution in [3.63, 3.8) is 0 Å². The first-order valence-electron chi connectivity index (χ1n) is 6.93. The van der Waals surface area contributed by atoms with Crippen molar-refractivity contribution < 1.29 is 19.4 Å². The number of rotatable bonds is 5. The third kappa shape index (κ3) is 3.88. The lowest BCUT2D eigenvalue weighted by atomic mass is 10.0. The SMILES string of the molecule is CC(Oc1ccccc1Cl)C(=O)N[C@@H]1CCC[C@@H]1C(=O)O. The molecular weight excluding hydrogens is 294 g/mol. The molecule has 1 fully saturated rings. The van der Waals surface area contributed by atoms with Gasteiger partial charge in [-0.1, -0.05) is 30.2 Å². The molecule has 1 amide bonds. The van der Waals surface area contributed by atoms with E-state index in [0.29, 0.717) is 23.6 Å². The van der Waals surface area contributed by atoms with Crippen LogP contribution in [0.25, 0.3) is 0 Å². The summed E-state index contributed by atoms with van der Waals surface area (Å²) in [5.41, 5.74) is 0. The second kappa shape index (κ2) is 6.80. The molecule has 0 saturated heterocycles. The molecule has 5 nitrogen and oxygen atoms in total. The molecule has 114 valence electrons. The van der Waals surface area contributed by atoms with Gasteiger partial charge in [0, 0.05) is 6.04 Å². The van der Waals surface area contributed by atoms with E-state index in [2.05, 4.69) is 5.32 Å². The standard InChI is InChI=1S/C15H18ClNO4/c1-9(21-13-8-3-2-6-11(13)16)14(18)17-12-7-4-5-10(12)15(19)20/h2-3,6,8-10,12H,4-5,7H2,1H3,(H,17,18)(H,19,20)/t9?,10-,12+/m0/s1. The number of ether oxygens (including phenoxy) is 1. The summed E-state index contributed by atoms with van der Waals surface area (Å²) in [6.45, 7) is 1.61. The molecule has 3 atom stereocenters. The highest BCUT2D eigenvalue weighted by molar-refractivity contribution is 6.32. The smallest absolute Gasteiger partial charge is 0.308 e. The molecule has 2 rings (SSSR count). The average Bonchev–Trinajstić information content (AvgIpc) is 2.89. The van der Waals surface area contributed by atoms with Gasteiger partial charge in [-0.15, -0.1) is 0 Å². The summed E-state index contributed by atoms with van der Waals surface area (Å²) in [6.07, 6.45) is 1.35. The van der Waals surface area contributed by atoms with Gasteiger partial charge in [0.15, 0.2) is 6.10 Å². The van der Waals surface area contributed by atoms with Gasteiger partial charge in [0.2, 0.25) is 0 Å². The van der Waals surface area contributed by atoms with E-state index in [9.17, 15) is 9.59 Å². The Hall–Kier alpha value is -1.75. The van der Waals surface area contributed by atoms with Crippen LogP contribution in [0.5, 0.6) is 5.75 Å². The Kier molecular flexibility index (Phi) is 5.07. The number of aliphatic carboxylic acids is 1. The Labute approximate surface area is 128 Å². The summed E-state index contributed by atoms with van der Waals surface area (Å²) in [4.78, 5) is 23.2. The van der Waals surface area contributed by atoms with E-state index in [1.807, 2.05) is 0 Å². The van der Waals surface area contributed by atoms with Crippen molar-refractivity contribution in [2.75, 3.05) is 0 Å². The van der Waals surface area contributed by atoms with Gasteiger partial charge >= 0.3 is 5.97 Å². The minimum absolute atomic E-state index is 0.326. The highest BCUT2D eigenvalue weighted by Gasteiger charge is 2.34. The van der Waals surface area contributed by atoms with Gasteiger partial charge in [0.05, 0.1) is 10.9 Å². The Balaban J connectivity index is 1.94. The Bertz CT molecular complexity index is 534. The van der Waals surface area contributed by atoms with E-state index in [-0.39, 0.29) is 11.9 Å². The zero-order valence-electron chi connectivity index (χ0n) is 11.7. The molecule has 1 aliphatic rings. The fourth-order valence-corrected chi connectivity index (χ4v) is 2.69. The number of para-hydroxylation sites is 1. The minimum atomic E-state index is -0.863. The number of halogens is 1. The molecule has 0 heterocycles. The summed E-state index contributed by atoms with van der Waals surface area (Å²) < 4.78 is 5.52. The second-order valence-electron chi connectivity index (χ2n) is 5.18. The molecular formula is C15H18ClNO4. The van der Waals surface area contributed by atoms with E-state index >= 15 is 0 Å². The molecule has 0 aliphatic heterocycles. The largest absolute Gasteiger partial charge is 0.481 e. The molecule has 1 aliphatic carbocycles. The highest BCUT2D eigenvalue weighted by Crippen LogP contribution is 2.27. The quantitative estimate of drug-likeness (QED) is 0.876. The van der Waals surface area contributed by atoms with Crippen LogP contribution in [0.15, 0.2) is 24.3 Å². The number of carbonyl (C=O) groups is 2. The summed E-state index contributed by atoms with van der Waals surface area (Å²) in [5.74, 6) is -1.27. The van der Waals surface area contributed by atoms with Crippen molar-refractivity contribution in [1.82, 2.24) is 5.32 Å². The molecule has 0 aromatic heterocycles. The maximum Gasteiger partial charge on any atom is 0.308 e. The molecule has 1 saturated carbocycles. The fourth-order valence-electron chi connectivity index (χ4n) is 2.51. The molecule has 2 N–H and O–H groups in total. The normalized spacial score (nSPS) is 22.6. The zero-order chi connectivity index (χ0) is 15.4. The van der Waals surface area contributed by atoms with Crippen LogP contribution in [-0.4, -0.2) is 29.1 Å². The van der Waals surface area contributed by atoms with Crippen molar-refractivity contribution in [2.24, 2.45) is 5.92 Å². The third-order valence-corrected chi connectivity index (χ3v) is 3.98. The van der Waals surface area contributed by atoms with Crippen molar-refractivity contribution in [3.8, 4) is 5.75 Å². The van der Waals surface area contributed by atoms with E-state index < -0.39 is 18.0 Å². The molecule has 0 bridgehead atoms. The van der Waals surface area contributed by atoms with Crippen LogP contribution in [0.4, 0.5) is 0 Å². The molecule has 0 spiro atoms. The molecule has 1 aromatic rings. The average molecular weight is 312 g/mol. The Morgan fingerprint density at radius 2 is 2.10 bits per heavy atom. The predicted octanol–water partition coefficient (Wildman–Crippen LogP) is 2.48. The van der Waals surface area contributed by atoms with Gasteiger partial charge in [-0.05, 0) is 31.9 Å². The lowest BCUT2D eigenvalue weighted by Gasteiger charge is -2.21. The molecule has 21 heavy (non-hydrogen) atoms. The van der Waals surface area contributed by atoms with Gasteiger partial charge < -0.3 is 15.2 Å². The maximum absolute atomic E-state index is 12.1. The zero-order valence-corrected chi connectivity index (χ0v) is 12.5. The van der Waals surface area contributed by atoms with Gasteiger partial charge in [0.1, 0.15) is 5.75 Å². The summed E-state index contributed by atoms with van der Waals surface area (Å²) >= 11 is 5.97. The van der Waals surface area contributed by atoms with E-state index in [1.165, 1.54) is 0 Å². The van der Waals surface area contributed by atoms with Gasteiger partial charge in [-0.3, -0.25) is 9.59 Å². The number of hydrogen-bond acceptors (Lipinski definition) is 3. The minimum Gasteiger partial charge on any atom is -0.481 e. The van der Waals surface area contributed by atoms with Crippen molar-refractivity contribution >= 4 is 23.5 Å². The number of carboxylic acid groups (broad SMARTS) is 1. The lowest BCUT2D eigenvalue weighted by Crippen LogP contribution is -2.45. The number of nitrogens with one attached hydrogen (secondary N) is 1. The predicted molar refractivity (Wildman–Crippen MR) is 78.4 cm³/mol. The number of carbonyl (C=O) groups excluding carboxylic acids is 1. The monoisotopic (exact) mass is 311 g/mol. The van der Waals surface area contributed by atoms with E-state index in [0.717, 1.165) is 6.42 Å². The van der Waals surface area contributed by atoms with E-state index in [1.54, 1.807) is 31.2 Å². The number of carboxylic acids is 1. The van der Waals surface area contributed by atoms with Crippen LogP contribution in [0.3, 0.4) is 0 Å². The Morgan fingerprint density at radius 1 is 1.38 bits per heavy atom. The maximum atomic E-state index is 12.1. The molecule has 1 unspecified atom stereocenters. The Morgan fingerprint density at radius 3 is 2.76 bits per heavy atom. The summed E-state index contributed by atoms with van der Waals surface area (Å²) in [7, 11) is 0. The number of hydrogen-bond donors (Lipinski definition) is 2. The second-order valence-corrected chi connectivity index (χ2v) is 5.59.